The Bertz CT molecular complexity index is 2600. The number of hydrogen-bond acceptors (Lipinski definition) is 12. The molecule has 0 unspecified atom stereocenters. The number of unbranched alkanes of at least 4 members (excludes halogenated alkanes) is 1. The van der Waals surface area contributed by atoms with E-state index in [9.17, 15) is 28.8 Å². The van der Waals surface area contributed by atoms with Gasteiger partial charge in [0.25, 0.3) is 11.8 Å². The number of β-lactam (4-membered cyclic amide) rings is 2. The lowest BCUT2D eigenvalue weighted by molar-refractivity contribution is -0.156. The Hall–Kier alpha value is -6.86. The molecule has 2 aliphatic carbocycles. The number of rotatable bonds is 19. The quantitative estimate of drug-likeness (QED) is 0.0798. The van der Waals surface area contributed by atoms with Gasteiger partial charge in [-0.15, -0.1) is 0 Å². The van der Waals surface area contributed by atoms with Crippen molar-refractivity contribution in [2.45, 2.75) is 154 Å². The van der Waals surface area contributed by atoms with Gasteiger partial charge >= 0.3 is 12.1 Å². The van der Waals surface area contributed by atoms with Crippen LogP contribution in [0.15, 0.2) is 55.5 Å². The lowest BCUT2D eigenvalue weighted by Gasteiger charge is -2.46. The fourth-order valence-corrected chi connectivity index (χ4v) is 11.7. The van der Waals surface area contributed by atoms with Crippen LogP contribution < -0.4 is 31.9 Å². The molecule has 0 spiro atoms. The summed E-state index contributed by atoms with van der Waals surface area (Å²) in [5.74, 6) is -1.44. The molecular weight excluding hydrogens is 929 g/mol. The minimum Gasteiger partial charge on any atom is -0.384 e. The van der Waals surface area contributed by atoms with Crippen molar-refractivity contribution in [3.05, 3.63) is 72.3 Å². The van der Waals surface area contributed by atoms with E-state index in [2.05, 4.69) is 37.5 Å². The third kappa shape index (κ3) is 12.0. The van der Waals surface area contributed by atoms with Crippen LogP contribution in [-0.4, -0.2) is 113 Å². The summed E-state index contributed by atoms with van der Waals surface area (Å²) in [5, 5.41) is 6.42. The molecule has 6 heterocycles. The highest BCUT2D eigenvalue weighted by Gasteiger charge is 2.57. The zero-order valence-corrected chi connectivity index (χ0v) is 43.1. The van der Waals surface area contributed by atoms with E-state index in [1.165, 1.54) is 16.2 Å². The third-order valence-corrected chi connectivity index (χ3v) is 15.7. The molecule has 2 saturated heterocycles. The number of likely N-dealkylation sites (tertiary alicyclic amines) is 2. The van der Waals surface area contributed by atoms with Crippen molar-refractivity contribution in [3.63, 3.8) is 0 Å². The maximum Gasteiger partial charge on any atom is 0.325 e. The number of carbonyl (C=O) groups excluding carboxylic acids is 6. The molecule has 0 aromatic carbocycles. The number of nitrogens with two attached hydrogens (primary N) is 2. The molecule has 4 aromatic rings. The number of aryl methyl sites for hydroxylation is 3. The van der Waals surface area contributed by atoms with E-state index in [1.807, 2.05) is 17.6 Å². The number of likely N-dealkylation sites (N-methyl/N-ethyl adjacent to an activating group) is 2. The Morgan fingerprint density at radius 3 is 1.74 bits per heavy atom. The Labute approximate surface area is 428 Å². The van der Waals surface area contributed by atoms with Gasteiger partial charge in [0.05, 0.1) is 24.5 Å². The number of nitrogens with one attached hydrogen (secondary N) is 2. The maximum absolute atomic E-state index is 14.6. The van der Waals surface area contributed by atoms with Crippen molar-refractivity contribution in [2.24, 2.45) is 30.7 Å². The number of pyridine rings is 2. The second-order valence-corrected chi connectivity index (χ2v) is 20.9. The summed E-state index contributed by atoms with van der Waals surface area (Å²) in [5.41, 5.74) is 14.2. The monoisotopic (exact) mass is 1000 g/mol. The van der Waals surface area contributed by atoms with E-state index in [1.54, 1.807) is 75.2 Å². The molecule has 6 N–H and O–H groups in total. The summed E-state index contributed by atoms with van der Waals surface area (Å²) in [6.07, 6.45) is 23.1. The molecule has 6 atom stereocenters. The third-order valence-electron chi connectivity index (χ3n) is 15.7. The molecule has 4 aliphatic rings. The van der Waals surface area contributed by atoms with Crippen LogP contribution >= 0.6 is 0 Å². The van der Waals surface area contributed by atoms with Crippen LogP contribution in [-0.2, 0) is 45.6 Å². The molecule has 8 rings (SSSR count). The van der Waals surface area contributed by atoms with Crippen molar-refractivity contribution in [3.8, 4) is 0 Å². The molecule has 2 saturated carbocycles. The van der Waals surface area contributed by atoms with Crippen LogP contribution in [0.1, 0.15) is 120 Å². The molecule has 0 radical (unpaired) electrons. The van der Waals surface area contributed by atoms with Crippen LogP contribution in [0.25, 0.3) is 0 Å². The topological polar surface area (TPSA) is 253 Å². The largest absolute Gasteiger partial charge is 0.384 e. The summed E-state index contributed by atoms with van der Waals surface area (Å²) in [6, 6.07) is 3.33. The van der Waals surface area contributed by atoms with Crippen LogP contribution in [0.3, 0.4) is 0 Å². The number of imide groups is 2. The number of urea groups is 2. The van der Waals surface area contributed by atoms with Crippen molar-refractivity contribution in [1.82, 2.24) is 49.5 Å². The Morgan fingerprint density at radius 2 is 1.22 bits per heavy atom. The van der Waals surface area contributed by atoms with Gasteiger partial charge in [0.15, 0.2) is 11.6 Å². The number of carbonyl (C=O) groups is 6. The first kappa shape index (κ1) is 52.5. The SMILES string of the molecule is CCCC[C@@H](NC(=O)N1C(=O)[C@H](Cc2ccnc(N)c2)[C@H]1C(=O)N(C)c1cn(CCC[C@@H](NC(=O)N2C(=O)[C@H](Cc3cc(C)nc(N)c3)[C@H]2C(=O)N(C)c2cn(C)cn2)C2CCCCC2)cn1)C1CCCCC1. The highest BCUT2D eigenvalue weighted by Crippen LogP contribution is 2.37. The van der Waals surface area contributed by atoms with Crippen LogP contribution in [0.5, 0.6) is 0 Å². The molecule has 0 bridgehead atoms. The molecule has 4 fully saturated rings. The van der Waals surface area contributed by atoms with Gasteiger partial charge in [-0.3, -0.25) is 38.8 Å². The zero-order valence-electron chi connectivity index (χ0n) is 43.1. The number of amides is 8. The molecule has 392 valence electrons. The number of anilines is 4. The number of nitrogens with zero attached hydrogens (tertiary/aromatic N) is 10. The van der Waals surface area contributed by atoms with Gasteiger partial charge in [0.1, 0.15) is 23.7 Å². The fourth-order valence-electron chi connectivity index (χ4n) is 11.7. The minimum atomic E-state index is -1.07. The summed E-state index contributed by atoms with van der Waals surface area (Å²) in [7, 11) is 5.00. The first-order chi connectivity index (χ1) is 35.1. The van der Waals surface area contributed by atoms with E-state index in [4.69, 9.17) is 11.5 Å². The van der Waals surface area contributed by atoms with Crippen LogP contribution in [0.2, 0.25) is 0 Å². The van der Waals surface area contributed by atoms with Gasteiger partial charge in [0, 0.05) is 64.1 Å². The van der Waals surface area contributed by atoms with Gasteiger partial charge in [-0.1, -0.05) is 58.3 Å². The van der Waals surface area contributed by atoms with Crippen molar-refractivity contribution >= 4 is 59.0 Å². The lowest BCUT2D eigenvalue weighted by Crippen LogP contribution is -2.71. The predicted molar refractivity (Wildman–Crippen MR) is 276 cm³/mol. The highest BCUT2D eigenvalue weighted by atomic mass is 16.2. The number of aromatic nitrogens is 6. The highest BCUT2D eigenvalue weighted by molar-refractivity contribution is 6.13. The van der Waals surface area contributed by atoms with Gasteiger partial charge in [0.2, 0.25) is 11.8 Å². The molecular formula is C53H74N14O6. The van der Waals surface area contributed by atoms with E-state index in [0.717, 1.165) is 98.0 Å². The first-order valence-electron chi connectivity index (χ1n) is 26.4. The predicted octanol–water partition coefficient (Wildman–Crippen LogP) is 5.93. The Morgan fingerprint density at radius 1 is 0.699 bits per heavy atom. The van der Waals surface area contributed by atoms with Crippen LogP contribution in [0, 0.1) is 30.6 Å². The Kier molecular flexibility index (Phi) is 16.8. The second-order valence-electron chi connectivity index (χ2n) is 20.9. The van der Waals surface area contributed by atoms with E-state index in [-0.39, 0.29) is 30.8 Å². The number of hydrogen-bond donors (Lipinski definition) is 4. The second kappa shape index (κ2) is 23.3. The van der Waals surface area contributed by atoms with Gasteiger partial charge < -0.3 is 31.2 Å². The average molecular weight is 1000 g/mol. The molecule has 20 nitrogen and oxygen atoms in total. The normalized spacial score (nSPS) is 21.2. The molecule has 20 heteroatoms. The maximum atomic E-state index is 14.6. The number of imidazole rings is 2. The standard InChI is InChI=1S/C53H74N14O6/c1-6-7-19-40(36-15-10-8-11-16-36)60-52(72)66-46(38(48(66)68)25-34-21-22-56-42(54)27-34)51(71)64(5)45-30-65(32-58-45)23-14-20-41(37-17-12-9-13-18-37)61-53(73)67-47(50(70)63(4)44-29-62(3)31-57-44)39(49(67)69)26-35-24-33(2)59-43(55)28-35/h21-22,24,27-32,36-41,46-47H,6-20,23,25-26H2,1-5H3,(H2,54,56)(H2,55,59)(H,60,72)(H,61,73)/t38-,39-,40-,41-,46+,47+/m1/s1. The summed E-state index contributed by atoms with van der Waals surface area (Å²) in [4.78, 5) is 108. The molecule has 2 aliphatic heterocycles. The fraction of sp³-hybridized carbons (Fsp3) is 0.585. The van der Waals surface area contributed by atoms with Crippen molar-refractivity contribution in [1.29, 1.82) is 0 Å². The van der Waals surface area contributed by atoms with E-state index >= 15 is 0 Å². The first-order valence-corrected chi connectivity index (χ1v) is 26.4. The smallest absolute Gasteiger partial charge is 0.325 e. The summed E-state index contributed by atoms with van der Waals surface area (Å²) < 4.78 is 3.61. The van der Waals surface area contributed by atoms with Crippen molar-refractivity contribution < 1.29 is 28.8 Å². The summed E-state index contributed by atoms with van der Waals surface area (Å²) >= 11 is 0. The van der Waals surface area contributed by atoms with Gasteiger partial charge in [-0.2, -0.15) is 0 Å². The van der Waals surface area contributed by atoms with E-state index < -0.39 is 59.6 Å². The Balaban J connectivity index is 0.947. The molecule has 73 heavy (non-hydrogen) atoms. The zero-order chi connectivity index (χ0) is 51.9. The minimum absolute atomic E-state index is 0.0839. The van der Waals surface area contributed by atoms with E-state index in [0.29, 0.717) is 54.3 Å². The molecule has 8 amide bonds. The van der Waals surface area contributed by atoms with Crippen molar-refractivity contribution in [2.75, 3.05) is 35.4 Å². The lowest BCUT2D eigenvalue weighted by atomic mass is 9.81. The van der Waals surface area contributed by atoms with Gasteiger partial charge in [-0.05, 0) is 112 Å². The number of nitrogen functional groups attached to an aromatic ring is 2. The molecule has 4 aromatic heterocycles. The summed E-state index contributed by atoms with van der Waals surface area (Å²) in [6.45, 7) is 4.44. The average Bonchev–Trinajstić information content (AvgIpc) is 4.05. The van der Waals surface area contributed by atoms with Crippen LogP contribution in [0.4, 0.5) is 32.9 Å². The van der Waals surface area contributed by atoms with Gasteiger partial charge in [-0.25, -0.2) is 29.5 Å².